The molecule has 0 unspecified atom stereocenters. The Bertz CT molecular complexity index is 504. The summed E-state index contributed by atoms with van der Waals surface area (Å²) < 4.78 is 0. The van der Waals surface area contributed by atoms with Crippen LogP contribution in [0.25, 0.3) is 0 Å². The van der Waals surface area contributed by atoms with Crippen molar-refractivity contribution in [1.29, 1.82) is 0 Å². The van der Waals surface area contributed by atoms with Gasteiger partial charge in [0.25, 0.3) is 0 Å². The molecule has 1 rings (SSSR count). The van der Waals surface area contributed by atoms with Gasteiger partial charge in [0.2, 0.25) is 0 Å². The summed E-state index contributed by atoms with van der Waals surface area (Å²) in [5, 5.41) is 3.68. The minimum absolute atomic E-state index is 0.677. The van der Waals surface area contributed by atoms with Crippen molar-refractivity contribution < 1.29 is 4.79 Å². The third kappa shape index (κ3) is 5.87. The van der Waals surface area contributed by atoms with Crippen molar-refractivity contribution in [3.8, 4) is 11.5 Å². The van der Waals surface area contributed by atoms with E-state index >= 15 is 0 Å². The molecule has 0 atom stereocenters. The Morgan fingerprint density at radius 2 is 1.94 bits per heavy atom. The SMILES string of the molecule is C[Si](C)(C)C#Cc1ccc(C=NNC(N)=O)cc1. The van der Waals surface area contributed by atoms with Crippen molar-refractivity contribution in [2.24, 2.45) is 10.8 Å². The first kappa shape index (κ1) is 14.0. The molecule has 0 saturated carbocycles. The number of hydrazone groups is 1. The van der Waals surface area contributed by atoms with E-state index in [-0.39, 0.29) is 0 Å². The monoisotopic (exact) mass is 259 g/mol. The molecule has 0 aliphatic rings. The lowest BCUT2D eigenvalue weighted by Crippen LogP contribution is -2.24. The molecule has 0 bridgehead atoms. The largest absolute Gasteiger partial charge is 0.350 e. The van der Waals surface area contributed by atoms with Crippen molar-refractivity contribution in [3.05, 3.63) is 35.4 Å². The summed E-state index contributed by atoms with van der Waals surface area (Å²) in [4.78, 5) is 10.4. The second kappa shape index (κ2) is 6.03. The van der Waals surface area contributed by atoms with Gasteiger partial charge in [0.1, 0.15) is 8.07 Å². The molecule has 0 spiro atoms. The van der Waals surface area contributed by atoms with Crippen LogP contribution < -0.4 is 11.2 Å². The molecule has 18 heavy (non-hydrogen) atoms. The van der Waals surface area contributed by atoms with E-state index in [1.54, 1.807) is 0 Å². The Hall–Kier alpha value is -2.06. The molecule has 0 heterocycles. The summed E-state index contributed by atoms with van der Waals surface area (Å²) in [6.45, 7) is 6.61. The number of urea groups is 1. The van der Waals surface area contributed by atoms with Crippen LogP contribution in [0, 0.1) is 11.5 Å². The van der Waals surface area contributed by atoms with Crippen LogP contribution in [0.4, 0.5) is 4.79 Å². The van der Waals surface area contributed by atoms with Crippen LogP contribution in [0.15, 0.2) is 29.4 Å². The van der Waals surface area contributed by atoms with Gasteiger partial charge >= 0.3 is 6.03 Å². The van der Waals surface area contributed by atoms with Crippen LogP contribution in [0.2, 0.25) is 19.6 Å². The van der Waals surface area contributed by atoms with E-state index in [0.717, 1.165) is 11.1 Å². The zero-order valence-corrected chi connectivity index (χ0v) is 11.8. The van der Waals surface area contributed by atoms with Crippen molar-refractivity contribution in [2.45, 2.75) is 19.6 Å². The number of hydrogen-bond donors (Lipinski definition) is 2. The first-order valence-electron chi connectivity index (χ1n) is 5.58. The molecule has 0 saturated heterocycles. The van der Waals surface area contributed by atoms with Gasteiger partial charge < -0.3 is 5.73 Å². The summed E-state index contributed by atoms with van der Waals surface area (Å²) in [7, 11) is -1.34. The van der Waals surface area contributed by atoms with Gasteiger partial charge in [-0.15, -0.1) is 5.54 Å². The number of nitrogens with two attached hydrogens (primary N) is 1. The fourth-order valence-electron chi connectivity index (χ4n) is 1.08. The Morgan fingerprint density at radius 1 is 1.33 bits per heavy atom. The van der Waals surface area contributed by atoms with Crippen molar-refractivity contribution in [1.82, 2.24) is 5.43 Å². The molecule has 5 heteroatoms. The summed E-state index contributed by atoms with van der Waals surface area (Å²) in [6.07, 6.45) is 1.53. The molecule has 0 aromatic heterocycles. The van der Waals surface area contributed by atoms with Gasteiger partial charge in [0, 0.05) is 5.56 Å². The fraction of sp³-hybridized carbons (Fsp3) is 0.231. The molecule has 0 radical (unpaired) electrons. The number of primary amides is 1. The van der Waals surface area contributed by atoms with Gasteiger partial charge in [-0.2, -0.15) is 5.10 Å². The molecule has 94 valence electrons. The van der Waals surface area contributed by atoms with E-state index < -0.39 is 14.1 Å². The van der Waals surface area contributed by atoms with E-state index in [1.807, 2.05) is 24.3 Å². The van der Waals surface area contributed by atoms with E-state index in [0.29, 0.717) is 0 Å². The maximum Gasteiger partial charge on any atom is 0.332 e. The maximum absolute atomic E-state index is 10.4. The molecule has 0 fully saturated rings. The molecule has 1 aromatic rings. The van der Waals surface area contributed by atoms with Crippen LogP contribution >= 0.6 is 0 Å². The highest BCUT2D eigenvalue weighted by molar-refractivity contribution is 6.83. The average Bonchev–Trinajstić information content (AvgIpc) is 2.26. The van der Waals surface area contributed by atoms with Gasteiger partial charge in [0.05, 0.1) is 6.21 Å². The number of nitrogens with one attached hydrogen (secondary N) is 1. The van der Waals surface area contributed by atoms with Gasteiger partial charge in [0.15, 0.2) is 0 Å². The number of hydrogen-bond acceptors (Lipinski definition) is 2. The zero-order valence-electron chi connectivity index (χ0n) is 10.8. The van der Waals surface area contributed by atoms with Gasteiger partial charge in [-0.25, -0.2) is 10.2 Å². The van der Waals surface area contributed by atoms with Crippen LogP contribution in [0.3, 0.4) is 0 Å². The number of carbonyl (C=O) groups excluding carboxylic acids is 1. The van der Waals surface area contributed by atoms with Gasteiger partial charge in [-0.05, 0) is 17.7 Å². The number of nitrogens with zero attached hydrogens (tertiary/aromatic N) is 1. The summed E-state index contributed by atoms with van der Waals surface area (Å²) in [6, 6.07) is 6.96. The van der Waals surface area contributed by atoms with E-state index in [9.17, 15) is 4.79 Å². The number of carbonyl (C=O) groups is 1. The first-order valence-corrected chi connectivity index (χ1v) is 9.08. The van der Waals surface area contributed by atoms with E-state index in [4.69, 9.17) is 5.73 Å². The molecule has 3 N–H and O–H groups in total. The number of amides is 2. The second-order valence-corrected chi connectivity index (χ2v) is 9.61. The zero-order chi connectivity index (χ0) is 13.6. The van der Waals surface area contributed by atoms with Crippen molar-refractivity contribution in [2.75, 3.05) is 0 Å². The van der Waals surface area contributed by atoms with Gasteiger partial charge in [-0.3, -0.25) is 0 Å². The highest BCUT2D eigenvalue weighted by atomic mass is 28.3. The Balaban J connectivity index is 2.71. The summed E-state index contributed by atoms with van der Waals surface area (Å²) in [5.74, 6) is 3.16. The van der Waals surface area contributed by atoms with Crippen molar-refractivity contribution in [3.63, 3.8) is 0 Å². The van der Waals surface area contributed by atoms with Crippen LogP contribution in [-0.2, 0) is 0 Å². The third-order valence-electron chi connectivity index (χ3n) is 1.88. The predicted molar refractivity (Wildman–Crippen MR) is 77.0 cm³/mol. The minimum atomic E-state index is -1.34. The van der Waals surface area contributed by atoms with Crippen LogP contribution in [0.5, 0.6) is 0 Å². The minimum Gasteiger partial charge on any atom is -0.350 e. The molecular formula is C13H17N3OSi. The Labute approximate surface area is 108 Å². The molecule has 1 aromatic carbocycles. The van der Waals surface area contributed by atoms with Crippen LogP contribution in [-0.4, -0.2) is 20.3 Å². The summed E-state index contributed by atoms with van der Waals surface area (Å²) >= 11 is 0. The Kier molecular flexibility index (Phi) is 4.69. The van der Waals surface area contributed by atoms with Crippen molar-refractivity contribution >= 4 is 20.3 Å². The van der Waals surface area contributed by atoms with Crippen LogP contribution in [0.1, 0.15) is 11.1 Å². The molecule has 4 nitrogen and oxygen atoms in total. The lowest BCUT2D eigenvalue weighted by atomic mass is 10.1. The fourth-order valence-corrected chi connectivity index (χ4v) is 1.60. The molecule has 0 aliphatic heterocycles. The van der Waals surface area contributed by atoms with Gasteiger partial charge in [-0.1, -0.05) is 37.7 Å². The highest BCUT2D eigenvalue weighted by Crippen LogP contribution is 2.03. The lowest BCUT2D eigenvalue weighted by Gasteiger charge is -2.03. The average molecular weight is 259 g/mol. The standard InChI is InChI=1S/C13H17N3OSi/c1-18(2,3)9-8-11-4-6-12(7-5-11)10-15-16-13(14)17/h4-7,10H,1-3H3,(H3,14,16,17). The summed E-state index contributed by atoms with van der Waals surface area (Å²) in [5.41, 5.74) is 12.2. The highest BCUT2D eigenvalue weighted by Gasteiger charge is 2.07. The third-order valence-corrected chi connectivity index (χ3v) is 2.76. The quantitative estimate of drug-likeness (QED) is 0.362. The molecule has 0 aliphatic carbocycles. The predicted octanol–water partition coefficient (Wildman–Crippen LogP) is 1.92. The number of rotatable bonds is 2. The lowest BCUT2D eigenvalue weighted by molar-refractivity contribution is 0.249. The maximum atomic E-state index is 10.4. The first-order chi connectivity index (χ1) is 8.37. The Morgan fingerprint density at radius 3 is 2.44 bits per heavy atom. The molecular weight excluding hydrogens is 242 g/mol. The molecule has 2 amide bonds. The van der Waals surface area contributed by atoms with E-state index in [1.165, 1.54) is 6.21 Å². The normalized spacial score (nSPS) is 10.8. The smallest absolute Gasteiger partial charge is 0.332 e. The number of benzene rings is 1. The van der Waals surface area contributed by atoms with E-state index in [2.05, 4.69) is 41.6 Å². The second-order valence-electron chi connectivity index (χ2n) is 4.86. The topological polar surface area (TPSA) is 67.5 Å².